The molecule has 1 aliphatic carbocycles. The van der Waals surface area contributed by atoms with Gasteiger partial charge in [-0.15, -0.1) is 0 Å². The summed E-state index contributed by atoms with van der Waals surface area (Å²) in [5.74, 6) is 0.827. The molecule has 2 aromatic heterocycles. The SMILES string of the molecule is C1=CCCC(c2cc(-c3ccccc3)c3c(n2)c(-c2cccc(C4=NC(c5ccccc5)=CC(c5cccc(-n6c7ccccc7c7ccccc76)c5)N4)c2)cc2ccccc23)=C1. The van der Waals surface area contributed by atoms with Gasteiger partial charge in [0.05, 0.1) is 34.0 Å². The topological polar surface area (TPSA) is 42.2 Å². The van der Waals surface area contributed by atoms with E-state index in [0.29, 0.717) is 0 Å². The van der Waals surface area contributed by atoms with Gasteiger partial charge in [0.15, 0.2) is 0 Å². The van der Waals surface area contributed by atoms with Crippen LogP contribution in [0.15, 0.2) is 223 Å². The number of hydrogen-bond acceptors (Lipinski definition) is 3. The molecule has 1 aliphatic heterocycles. The average Bonchev–Trinajstić information content (AvgIpc) is 3.71. The van der Waals surface area contributed by atoms with E-state index in [1.54, 1.807) is 0 Å². The van der Waals surface area contributed by atoms with Crippen molar-refractivity contribution in [2.75, 3.05) is 0 Å². The van der Waals surface area contributed by atoms with Crippen LogP contribution in [-0.2, 0) is 0 Å². The second-order valence-electron chi connectivity index (χ2n) is 16.5. The van der Waals surface area contributed by atoms with Crippen molar-refractivity contribution in [3.8, 4) is 27.9 Å². The first-order valence-corrected chi connectivity index (χ1v) is 21.8. The Morgan fingerprint density at radius 1 is 0.540 bits per heavy atom. The lowest BCUT2D eigenvalue weighted by atomic mass is 9.89. The zero-order valence-corrected chi connectivity index (χ0v) is 34.6. The van der Waals surface area contributed by atoms with Crippen molar-refractivity contribution >= 4 is 60.6 Å². The lowest BCUT2D eigenvalue weighted by Crippen LogP contribution is -2.31. The number of benzene rings is 8. The van der Waals surface area contributed by atoms with E-state index in [0.717, 1.165) is 69.1 Å². The Morgan fingerprint density at radius 2 is 1.21 bits per heavy atom. The minimum atomic E-state index is -0.138. The fourth-order valence-corrected chi connectivity index (χ4v) is 9.66. The lowest BCUT2D eigenvalue weighted by Gasteiger charge is -2.25. The van der Waals surface area contributed by atoms with Crippen LogP contribution in [0.4, 0.5) is 0 Å². The maximum absolute atomic E-state index is 5.57. The highest BCUT2D eigenvalue weighted by Crippen LogP contribution is 2.42. The van der Waals surface area contributed by atoms with Crippen LogP contribution in [-0.4, -0.2) is 15.4 Å². The Hall–Kier alpha value is -8.08. The highest BCUT2D eigenvalue weighted by molar-refractivity contribution is 6.18. The molecular formula is C59H42N4. The van der Waals surface area contributed by atoms with Crippen LogP contribution in [0.3, 0.4) is 0 Å². The van der Waals surface area contributed by atoms with Gasteiger partial charge in [-0.2, -0.15) is 0 Å². The number of nitrogens with zero attached hydrogens (tertiary/aromatic N) is 3. The van der Waals surface area contributed by atoms with E-state index in [4.69, 9.17) is 9.98 Å². The first kappa shape index (κ1) is 36.7. The minimum Gasteiger partial charge on any atom is -0.359 e. The van der Waals surface area contributed by atoms with Crippen molar-refractivity contribution in [1.82, 2.24) is 14.9 Å². The summed E-state index contributed by atoms with van der Waals surface area (Å²) < 4.78 is 2.38. The molecule has 4 nitrogen and oxygen atoms in total. The monoisotopic (exact) mass is 806 g/mol. The summed E-state index contributed by atoms with van der Waals surface area (Å²) in [6.07, 6.45) is 10.9. The Balaban J connectivity index is 1.01. The van der Waals surface area contributed by atoms with Gasteiger partial charge in [-0.1, -0.05) is 170 Å². The highest BCUT2D eigenvalue weighted by Gasteiger charge is 2.23. The summed E-state index contributed by atoms with van der Waals surface area (Å²) in [6.45, 7) is 0. The Labute approximate surface area is 366 Å². The molecule has 3 heterocycles. The standard InChI is InChI=1S/C59H42N4/c1-4-18-39(19-5-1)50-37-52(40-20-6-2-7-21-40)60-58-51(36-43-24-10-11-29-47(43)57(50)58)42-25-16-27-45(34-42)59-61-53(41-22-8-3-9-23-41)38-54(62-59)44-26-17-28-46(35-44)63-55-32-14-12-30-48(55)49-31-13-15-33-56(49)63/h1-6,8-20,22-38,54H,7,21H2,(H,61,62). The lowest BCUT2D eigenvalue weighted by molar-refractivity contribution is 0.780. The number of amidine groups is 1. The van der Waals surface area contributed by atoms with E-state index in [2.05, 4.69) is 228 Å². The van der Waals surface area contributed by atoms with Gasteiger partial charge in [-0.05, 0) is 106 Å². The molecule has 1 N–H and O–H groups in total. The van der Waals surface area contributed by atoms with Gasteiger partial charge < -0.3 is 9.88 Å². The third-order valence-electron chi connectivity index (χ3n) is 12.7. The normalized spacial score (nSPS) is 15.0. The molecule has 63 heavy (non-hydrogen) atoms. The largest absolute Gasteiger partial charge is 0.359 e. The summed E-state index contributed by atoms with van der Waals surface area (Å²) in [4.78, 5) is 10.9. The maximum Gasteiger partial charge on any atom is 0.134 e. The van der Waals surface area contributed by atoms with Crippen molar-refractivity contribution in [2.24, 2.45) is 4.99 Å². The number of allylic oxidation sites excluding steroid dienone is 4. The van der Waals surface area contributed by atoms with Crippen molar-refractivity contribution in [3.63, 3.8) is 0 Å². The van der Waals surface area contributed by atoms with E-state index in [9.17, 15) is 0 Å². The third kappa shape index (κ3) is 6.55. The zero-order valence-electron chi connectivity index (χ0n) is 34.6. The van der Waals surface area contributed by atoms with Gasteiger partial charge in [0.25, 0.3) is 0 Å². The van der Waals surface area contributed by atoms with Crippen LogP contribution in [0.1, 0.15) is 41.3 Å². The highest BCUT2D eigenvalue weighted by atomic mass is 15.1. The summed E-state index contributed by atoms with van der Waals surface area (Å²) >= 11 is 0. The van der Waals surface area contributed by atoms with E-state index in [1.165, 1.54) is 54.7 Å². The van der Waals surface area contributed by atoms with Crippen LogP contribution in [0.25, 0.3) is 82.7 Å². The maximum atomic E-state index is 5.57. The molecule has 0 saturated heterocycles. The number of rotatable bonds is 7. The van der Waals surface area contributed by atoms with Gasteiger partial charge in [0.1, 0.15) is 5.84 Å². The van der Waals surface area contributed by atoms with Crippen LogP contribution in [0.2, 0.25) is 0 Å². The molecule has 0 saturated carbocycles. The number of para-hydroxylation sites is 2. The first-order valence-electron chi connectivity index (χ1n) is 21.8. The number of nitrogens with one attached hydrogen (secondary N) is 1. The Bertz CT molecular complexity index is 3480. The van der Waals surface area contributed by atoms with Crippen molar-refractivity contribution in [1.29, 1.82) is 0 Å². The molecule has 298 valence electrons. The minimum absolute atomic E-state index is 0.138. The van der Waals surface area contributed by atoms with Crippen molar-refractivity contribution in [2.45, 2.75) is 18.9 Å². The van der Waals surface area contributed by atoms with Crippen LogP contribution in [0.5, 0.6) is 0 Å². The number of fused-ring (bicyclic) bond motifs is 6. The quantitative estimate of drug-likeness (QED) is 0.163. The predicted octanol–water partition coefficient (Wildman–Crippen LogP) is 14.7. The molecule has 2 aliphatic rings. The fraction of sp³-hybridized carbons (Fsp3) is 0.0508. The molecule has 8 aromatic carbocycles. The number of hydrogen-bond donors (Lipinski definition) is 1. The van der Waals surface area contributed by atoms with Gasteiger partial charge >= 0.3 is 0 Å². The average molecular weight is 807 g/mol. The third-order valence-corrected chi connectivity index (χ3v) is 12.7. The number of pyridine rings is 1. The second kappa shape index (κ2) is 15.4. The van der Waals surface area contributed by atoms with E-state index in [-0.39, 0.29) is 6.04 Å². The number of aromatic nitrogens is 2. The van der Waals surface area contributed by atoms with E-state index >= 15 is 0 Å². The molecular weight excluding hydrogens is 765 g/mol. The molecule has 1 unspecified atom stereocenters. The molecule has 4 heteroatoms. The summed E-state index contributed by atoms with van der Waals surface area (Å²) in [5.41, 5.74) is 15.6. The fourth-order valence-electron chi connectivity index (χ4n) is 9.66. The van der Waals surface area contributed by atoms with Crippen LogP contribution >= 0.6 is 0 Å². The predicted molar refractivity (Wildman–Crippen MR) is 264 cm³/mol. The molecule has 10 aromatic rings. The van der Waals surface area contributed by atoms with Gasteiger partial charge in [0, 0.05) is 33.0 Å². The molecule has 0 amide bonds. The Morgan fingerprint density at radius 3 is 1.97 bits per heavy atom. The molecule has 0 spiro atoms. The second-order valence-corrected chi connectivity index (χ2v) is 16.5. The molecule has 12 rings (SSSR count). The van der Waals surface area contributed by atoms with E-state index in [1.807, 2.05) is 0 Å². The molecule has 0 fully saturated rings. The summed E-state index contributed by atoms with van der Waals surface area (Å²) in [7, 11) is 0. The summed E-state index contributed by atoms with van der Waals surface area (Å²) in [6, 6.07) is 69.7. The molecule has 0 bridgehead atoms. The first-order chi connectivity index (χ1) is 31.2. The van der Waals surface area contributed by atoms with Crippen molar-refractivity contribution < 1.29 is 0 Å². The Kier molecular flexibility index (Phi) is 9.00. The molecule has 1 atom stereocenters. The van der Waals surface area contributed by atoms with Gasteiger partial charge in [0.2, 0.25) is 0 Å². The zero-order chi connectivity index (χ0) is 41.7. The van der Waals surface area contributed by atoms with E-state index < -0.39 is 0 Å². The van der Waals surface area contributed by atoms with Crippen LogP contribution < -0.4 is 5.32 Å². The number of aliphatic imine (C=N–C) groups is 1. The summed E-state index contributed by atoms with van der Waals surface area (Å²) in [5, 5.41) is 9.95. The van der Waals surface area contributed by atoms with Gasteiger partial charge in [-0.3, -0.25) is 0 Å². The van der Waals surface area contributed by atoms with Crippen molar-refractivity contribution in [3.05, 3.63) is 241 Å². The van der Waals surface area contributed by atoms with Gasteiger partial charge in [-0.25, -0.2) is 9.98 Å². The molecule has 0 radical (unpaired) electrons. The van der Waals surface area contributed by atoms with Crippen LogP contribution in [0, 0.1) is 0 Å². The smallest absolute Gasteiger partial charge is 0.134 e.